The molecule has 0 heterocycles. The predicted octanol–water partition coefficient (Wildman–Crippen LogP) is 3.00. The van der Waals surface area contributed by atoms with E-state index in [1.54, 1.807) is 31.3 Å². The third kappa shape index (κ3) is 4.85. The Bertz CT molecular complexity index is 678. The maximum Gasteiger partial charge on any atom is 0.262 e. The van der Waals surface area contributed by atoms with E-state index in [4.69, 9.17) is 4.74 Å². The van der Waals surface area contributed by atoms with E-state index in [1.165, 1.54) is 11.8 Å². The van der Waals surface area contributed by atoms with Crippen molar-refractivity contribution in [1.82, 2.24) is 0 Å². The Kier molecular flexibility index (Phi) is 5.36. The van der Waals surface area contributed by atoms with Crippen molar-refractivity contribution in [3.63, 3.8) is 0 Å². The van der Waals surface area contributed by atoms with Crippen LogP contribution in [-0.2, 0) is 9.59 Å². The lowest BCUT2D eigenvalue weighted by Gasteiger charge is -2.15. The van der Waals surface area contributed by atoms with Gasteiger partial charge in [0.25, 0.3) is 5.91 Å². The van der Waals surface area contributed by atoms with Crippen molar-refractivity contribution in [3.05, 3.63) is 54.1 Å². The maximum atomic E-state index is 11.8. The highest BCUT2D eigenvalue weighted by atomic mass is 16.5. The number of rotatable bonds is 5. The number of nitrogens with zero attached hydrogens (tertiary/aromatic N) is 1. The molecule has 0 aromatic heterocycles. The molecule has 5 heteroatoms. The first-order valence-electron chi connectivity index (χ1n) is 7.29. The second kappa shape index (κ2) is 7.45. The van der Waals surface area contributed by atoms with Crippen LogP contribution < -0.4 is 15.0 Å². The number of aryl methyl sites for hydroxylation is 1. The van der Waals surface area contributed by atoms with Crippen LogP contribution in [0, 0.1) is 6.92 Å². The predicted molar refractivity (Wildman–Crippen MR) is 90.8 cm³/mol. The third-order valence-electron chi connectivity index (χ3n) is 3.40. The number of hydrogen-bond donors (Lipinski definition) is 1. The quantitative estimate of drug-likeness (QED) is 0.923. The molecule has 5 nitrogen and oxygen atoms in total. The van der Waals surface area contributed by atoms with E-state index in [0.717, 1.165) is 16.9 Å². The van der Waals surface area contributed by atoms with Crippen molar-refractivity contribution in [2.75, 3.05) is 23.9 Å². The third-order valence-corrected chi connectivity index (χ3v) is 3.40. The highest BCUT2D eigenvalue weighted by Crippen LogP contribution is 2.18. The number of carbonyl (C=O) groups is 2. The number of nitrogens with one attached hydrogen (secondary N) is 1. The van der Waals surface area contributed by atoms with Crippen LogP contribution >= 0.6 is 0 Å². The monoisotopic (exact) mass is 312 g/mol. The first kappa shape index (κ1) is 16.5. The van der Waals surface area contributed by atoms with Crippen molar-refractivity contribution in [2.24, 2.45) is 0 Å². The lowest BCUT2D eigenvalue weighted by Crippen LogP contribution is -2.22. The zero-order chi connectivity index (χ0) is 16.8. The van der Waals surface area contributed by atoms with E-state index in [2.05, 4.69) is 5.32 Å². The average Bonchev–Trinajstić information content (AvgIpc) is 2.55. The van der Waals surface area contributed by atoms with Gasteiger partial charge in [0.1, 0.15) is 5.75 Å². The van der Waals surface area contributed by atoms with E-state index in [0.29, 0.717) is 5.75 Å². The highest BCUT2D eigenvalue weighted by molar-refractivity contribution is 5.92. The van der Waals surface area contributed by atoms with Gasteiger partial charge in [-0.1, -0.05) is 17.7 Å². The second-order valence-corrected chi connectivity index (χ2v) is 5.27. The molecule has 0 fully saturated rings. The Morgan fingerprint density at radius 1 is 1.04 bits per heavy atom. The van der Waals surface area contributed by atoms with Crippen LogP contribution in [0.15, 0.2) is 48.5 Å². The van der Waals surface area contributed by atoms with Gasteiger partial charge in [-0.05, 0) is 43.3 Å². The summed E-state index contributed by atoms with van der Waals surface area (Å²) in [6.45, 7) is 3.41. The molecule has 0 radical (unpaired) electrons. The van der Waals surface area contributed by atoms with Gasteiger partial charge < -0.3 is 15.0 Å². The van der Waals surface area contributed by atoms with E-state index < -0.39 is 0 Å². The number of ether oxygens (including phenoxy) is 1. The fraction of sp³-hybridized carbons (Fsp3) is 0.222. The molecule has 0 aliphatic carbocycles. The molecule has 0 unspecified atom stereocenters. The molecule has 120 valence electrons. The van der Waals surface area contributed by atoms with Crippen LogP contribution in [0.25, 0.3) is 0 Å². The molecule has 2 rings (SSSR count). The van der Waals surface area contributed by atoms with Gasteiger partial charge in [-0.25, -0.2) is 0 Å². The molecule has 2 aromatic rings. The fourth-order valence-electron chi connectivity index (χ4n) is 1.93. The molecule has 0 atom stereocenters. The zero-order valence-electron chi connectivity index (χ0n) is 13.5. The molecule has 0 saturated heterocycles. The molecule has 0 spiro atoms. The van der Waals surface area contributed by atoms with Gasteiger partial charge in [0.2, 0.25) is 5.91 Å². The van der Waals surface area contributed by atoms with E-state index in [-0.39, 0.29) is 18.4 Å². The highest BCUT2D eigenvalue weighted by Gasteiger charge is 2.07. The van der Waals surface area contributed by atoms with Crippen LogP contribution in [0.3, 0.4) is 0 Å². The van der Waals surface area contributed by atoms with Crippen LogP contribution in [-0.4, -0.2) is 25.5 Å². The summed E-state index contributed by atoms with van der Waals surface area (Å²) in [6, 6.07) is 14.6. The molecule has 1 N–H and O–H groups in total. The first-order chi connectivity index (χ1) is 11.0. The van der Waals surface area contributed by atoms with Crippen LogP contribution in [0.1, 0.15) is 12.5 Å². The minimum absolute atomic E-state index is 0.0452. The van der Waals surface area contributed by atoms with Gasteiger partial charge in [0, 0.05) is 25.3 Å². The smallest absolute Gasteiger partial charge is 0.262 e. The Hall–Kier alpha value is -2.82. The topological polar surface area (TPSA) is 58.6 Å². The van der Waals surface area contributed by atoms with Crippen molar-refractivity contribution in [3.8, 4) is 5.75 Å². The molecular formula is C18H20N2O3. The Balaban J connectivity index is 1.86. The molecule has 2 amide bonds. The van der Waals surface area contributed by atoms with Crippen molar-refractivity contribution < 1.29 is 14.3 Å². The van der Waals surface area contributed by atoms with E-state index in [1.807, 2.05) is 31.2 Å². The van der Waals surface area contributed by atoms with Gasteiger partial charge in [-0.2, -0.15) is 0 Å². The standard InChI is InChI=1S/C18H20N2O3/c1-13-4-6-15(7-5-13)19-18(22)12-23-17-10-8-16(9-11-17)20(3)14(2)21/h4-11H,12H2,1-3H3,(H,19,22). The number of anilines is 2. The summed E-state index contributed by atoms with van der Waals surface area (Å²) in [5, 5.41) is 2.77. The summed E-state index contributed by atoms with van der Waals surface area (Å²) in [5.41, 5.74) is 2.64. The summed E-state index contributed by atoms with van der Waals surface area (Å²) >= 11 is 0. The number of benzene rings is 2. The van der Waals surface area contributed by atoms with Crippen LogP contribution in [0.2, 0.25) is 0 Å². The Morgan fingerprint density at radius 2 is 1.65 bits per heavy atom. The minimum atomic E-state index is -0.223. The molecule has 0 aliphatic heterocycles. The van der Waals surface area contributed by atoms with Gasteiger partial charge in [0.15, 0.2) is 6.61 Å². The Labute approximate surface area is 135 Å². The molecular weight excluding hydrogens is 292 g/mol. The zero-order valence-corrected chi connectivity index (χ0v) is 13.5. The van der Waals surface area contributed by atoms with Crippen LogP contribution in [0.5, 0.6) is 5.75 Å². The average molecular weight is 312 g/mol. The summed E-state index contributed by atoms with van der Waals surface area (Å²) in [5.74, 6) is 0.305. The molecule has 2 aromatic carbocycles. The molecule has 0 bridgehead atoms. The summed E-state index contributed by atoms with van der Waals surface area (Å²) in [6.07, 6.45) is 0. The summed E-state index contributed by atoms with van der Waals surface area (Å²) in [4.78, 5) is 24.7. The lowest BCUT2D eigenvalue weighted by molar-refractivity contribution is -0.118. The Morgan fingerprint density at radius 3 is 2.22 bits per heavy atom. The number of amides is 2. The van der Waals surface area contributed by atoms with Crippen molar-refractivity contribution >= 4 is 23.2 Å². The first-order valence-corrected chi connectivity index (χ1v) is 7.29. The van der Waals surface area contributed by atoms with Gasteiger partial charge in [0.05, 0.1) is 0 Å². The lowest BCUT2D eigenvalue weighted by atomic mass is 10.2. The van der Waals surface area contributed by atoms with Crippen molar-refractivity contribution in [2.45, 2.75) is 13.8 Å². The van der Waals surface area contributed by atoms with Gasteiger partial charge in [-0.3, -0.25) is 9.59 Å². The maximum absolute atomic E-state index is 11.8. The number of carbonyl (C=O) groups excluding carboxylic acids is 2. The van der Waals surface area contributed by atoms with E-state index >= 15 is 0 Å². The second-order valence-electron chi connectivity index (χ2n) is 5.27. The SMILES string of the molecule is CC(=O)N(C)c1ccc(OCC(=O)Nc2ccc(C)cc2)cc1. The number of hydrogen-bond acceptors (Lipinski definition) is 3. The van der Waals surface area contributed by atoms with Crippen LogP contribution in [0.4, 0.5) is 11.4 Å². The van der Waals surface area contributed by atoms with Gasteiger partial charge in [-0.15, -0.1) is 0 Å². The molecule has 0 aliphatic rings. The van der Waals surface area contributed by atoms with E-state index in [9.17, 15) is 9.59 Å². The normalized spacial score (nSPS) is 10.0. The minimum Gasteiger partial charge on any atom is -0.484 e. The fourth-order valence-corrected chi connectivity index (χ4v) is 1.93. The van der Waals surface area contributed by atoms with Crippen molar-refractivity contribution in [1.29, 1.82) is 0 Å². The van der Waals surface area contributed by atoms with Gasteiger partial charge >= 0.3 is 0 Å². The summed E-state index contributed by atoms with van der Waals surface area (Å²) in [7, 11) is 1.70. The summed E-state index contributed by atoms with van der Waals surface area (Å²) < 4.78 is 5.44. The molecule has 23 heavy (non-hydrogen) atoms. The largest absolute Gasteiger partial charge is 0.484 e. The molecule has 0 saturated carbocycles.